The van der Waals surface area contributed by atoms with Crippen LogP contribution in [-0.4, -0.2) is 35.6 Å². The van der Waals surface area contributed by atoms with E-state index in [1.165, 1.54) is 63.3 Å². The third-order valence-corrected chi connectivity index (χ3v) is 6.24. The second kappa shape index (κ2) is 11.4. The van der Waals surface area contributed by atoms with E-state index in [1.54, 1.807) is 24.3 Å². The van der Waals surface area contributed by atoms with E-state index >= 15 is 0 Å². The molecule has 7 heteroatoms. The third kappa shape index (κ3) is 7.37. The Labute approximate surface area is 195 Å². The Morgan fingerprint density at radius 1 is 1.06 bits per heavy atom. The molecule has 2 aromatic rings. The lowest BCUT2D eigenvalue weighted by Gasteiger charge is -2.27. The van der Waals surface area contributed by atoms with Crippen molar-refractivity contribution in [2.24, 2.45) is 5.92 Å². The molecule has 178 valence electrons. The molecule has 0 bridgehead atoms. The lowest BCUT2D eigenvalue weighted by Crippen LogP contribution is -2.52. The summed E-state index contributed by atoms with van der Waals surface area (Å²) in [5.74, 6) is -0.537. The predicted molar refractivity (Wildman–Crippen MR) is 127 cm³/mol. The number of benzene rings is 2. The van der Waals surface area contributed by atoms with E-state index in [-0.39, 0.29) is 18.5 Å². The lowest BCUT2D eigenvalue weighted by atomic mass is 9.89. The second-order valence-electron chi connectivity index (χ2n) is 9.19. The first kappa shape index (κ1) is 24.9. The minimum absolute atomic E-state index is 0.205. The van der Waals surface area contributed by atoms with Crippen LogP contribution in [0.5, 0.6) is 0 Å². The SMILES string of the molecule is CC(NC(=O)C(C)(O)CNCC1CCCCC1)c1ccc(NC(=O)c2ccc(F)cc2)cc1. The standard InChI is InChI=1S/C26H34FN3O3/c1-18(29-25(32)26(2,33)17-28-16-19-6-4-3-5-7-19)20-10-14-23(15-11-20)30-24(31)21-8-12-22(27)13-9-21/h8-15,18-19,28,33H,3-7,16-17H2,1-2H3,(H,29,32)(H,30,31). The maximum absolute atomic E-state index is 13.0. The van der Waals surface area contributed by atoms with Crippen molar-refractivity contribution >= 4 is 17.5 Å². The van der Waals surface area contributed by atoms with Crippen LogP contribution in [0.15, 0.2) is 48.5 Å². The first-order valence-corrected chi connectivity index (χ1v) is 11.7. The summed E-state index contributed by atoms with van der Waals surface area (Å²) in [5.41, 5.74) is 0.284. The molecule has 0 heterocycles. The van der Waals surface area contributed by atoms with Crippen molar-refractivity contribution in [1.29, 1.82) is 0 Å². The van der Waals surface area contributed by atoms with Crippen molar-refractivity contribution in [3.63, 3.8) is 0 Å². The highest BCUT2D eigenvalue weighted by atomic mass is 19.1. The zero-order valence-corrected chi connectivity index (χ0v) is 19.4. The Hall–Kier alpha value is -2.77. The van der Waals surface area contributed by atoms with Crippen molar-refractivity contribution in [2.45, 2.75) is 57.6 Å². The number of carbonyl (C=O) groups excluding carboxylic acids is 2. The number of anilines is 1. The van der Waals surface area contributed by atoms with Crippen molar-refractivity contribution in [3.05, 3.63) is 65.5 Å². The van der Waals surface area contributed by atoms with Gasteiger partial charge < -0.3 is 21.1 Å². The summed E-state index contributed by atoms with van der Waals surface area (Å²) >= 11 is 0. The van der Waals surface area contributed by atoms with E-state index in [2.05, 4.69) is 16.0 Å². The number of hydrogen-bond donors (Lipinski definition) is 4. The summed E-state index contributed by atoms with van der Waals surface area (Å²) < 4.78 is 13.0. The summed E-state index contributed by atoms with van der Waals surface area (Å²) in [7, 11) is 0. The quantitative estimate of drug-likeness (QED) is 0.457. The molecule has 1 fully saturated rings. The van der Waals surface area contributed by atoms with Crippen LogP contribution in [0.1, 0.15) is 67.9 Å². The van der Waals surface area contributed by atoms with Crippen LogP contribution in [0.25, 0.3) is 0 Å². The molecule has 6 nitrogen and oxygen atoms in total. The smallest absolute Gasteiger partial charge is 0.255 e. The largest absolute Gasteiger partial charge is 0.379 e. The van der Waals surface area contributed by atoms with Gasteiger partial charge in [0.1, 0.15) is 5.82 Å². The van der Waals surface area contributed by atoms with Crippen LogP contribution in [0.3, 0.4) is 0 Å². The molecule has 2 unspecified atom stereocenters. The Balaban J connectivity index is 1.48. The van der Waals surface area contributed by atoms with Gasteiger partial charge in [0.2, 0.25) is 0 Å². The van der Waals surface area contributed by atoms with Crippen molar-refractivity contribution in [1.82, 2.24) is 10.6 Å². The fourth-order valence-electron chi connectivity index (χ4n) is 4.09. The number of nitrogens with one attached hydrogen (secondary N) is 3. The molecular formula is C26H34FN3O3. The molecule has 0 spiro atoms. The predicted octanol–water partition coefficient (Wildman–Crippen LogP) is 4.18. The van der Waals surface area contributed by atoms with Crippen LogP contribution in [0, 0.1) is 11.7 Å². The summed E-state index contributed by atoms with van der Waals surface area (Å²) in [6.45, 7) is 4.40. The Morgan fingerprint density at radius 2 is 1.70 bits per heavy atom. The number of carbonyl (C=O) groups is 2. The highest BCUT2D eigenvalue weighted by Gasteiger charge is 2.31. The number of aliphatic hydroxyl groups is 1. The molecule has 2 amide bonds. The maximum atomic E-state index is 13.0. The summed E-state index contributed by atoms with van der Waals surface area (Å²) in [6.07, 6.45) is 6.23. The molecule has 1 aliphatic rings. The molecule has 3 rings (SSSR count). The first-order valence-electron chi connectivity index (χ1n) is 11.7. The van der Waals surface area contributed by atoms with E-state index in [4.69, 9.17) is 0 Å². The fraction of sp³-hybridized carbons (Fsp3) is 0.462. The van der Waals surface area contributed by atoms with Crippen LogP contribution < -0.4 is 16.0 Å². The molecule has 2 aromatic carbocycles. The van der Waals surface area contributed by atoms with Crippen molar-refractivity contribution in [2.75, 3.05) is 18.4 Å². The van der Waals surface area contributed by atoms with Crippen molar-refractivity contribution in [3.8, 4) is 0 Å². The Kier molecular flexibility index (Phi) is 8.58. The van der Waals surface area contributed by atoms with E-state index in [1.807, 2.05) is 6.92 Å². The van der Waals surface area contributed by atoms with E-state index in [0.717, 1.165) is 12.1 Å². The van der Waals surface area contributed by atoms with Gasteiger partial charge in [-0.2, -0.15) is 0 Å². The molecular weight excluding hydrogens is 421 g/mol. The molecule has 0 saturated heterocycles. The molecule has 0 radical (unpaired) electrons. The van der Waals surface area contributed by atoms with E-state index < -0.39 is 17.3 Å². The topological polar surface area (TPSA) is 90.5 Å². The van der Waals surface area contributed by atoms with Gasteiger partial charge >= 0.3 is 0 Å². The minimum Gasteiger partial charge on any atom is -0.379 e. The molecule has 4 N–H and O–H groups in total. The van der Waals surface area contributed by atoms with Crippen LogP contribution >= 0.6 is 0 Å². The highest BCUT2D eigenvalue weighted by molar-refractivity contribution is 6.04. The lowest BCUT2D eigenvalue weighted by molar-refractivity contribution is -0.138. The molecule has 33 heavy (non-hydrogen) atoms. The van der Waals surface area contributed by atoms with Gasteiger partial charge in [-0.1, -0.05) is 31.4 Å². The van der Waals surface area contributed by atoms with Crippen LogP contribution in [-0.2, 0) is 4.79 Å². The average molecular weight is 456 g/mol. The molecule has 1 saturated carbocycles. The second-order valence-corrected chi connectivity index (χ2v) is 9.19. The van der Waals surface area contributed by atoms with Gasteiger partial charge in [0.15, 0.2) is 5.60 Å². The summed E-state index contributed by atoms with van der Waals surface area (Å²) in [6, 6.07) is 12.1. The van der Waals surface area contributed by atoms with Crippen molar-refractivity contribution < 1.29 is 19.1 Å². The first-order chi connectivity index (χ1) is 15.7. The highest BCUT2D eigenvalue weighted by Crippen LogP contribution is 2.23. The Bertz CT molecular complexity index is 923. The number of rotatable bonds is 9. The van der Waals surface area contributed by atoms with Crippen LogP contribution in [0.4, 0.5) is 10.1 Å². The van der Waals surface area contributed by atoms with Gasteiger partial charge in [-0.3, -0.25) is 9.59 Å². The van der Waals surface area contributed by atoms with Gasteiger partial charge in [-0.25, -0.2) is 4.39 Å². The summed E-state index contributed by atoms with van der Waals surface area (Å²) in [4.78, 5) is 24.9. The fourth-order valence-corrected chi connectivity index (χ4v) is 4.09. The number of amides is 2. The molecule has 0 aromatic heterocycles. The number of halogens is 1. The summed E-state index contributed by atoms with van der Waals surface area (Å²) in [5, 5.41) is 19.5. The average Bonchev–Trinajstić information content (AvgIpc) is 2.80. The van der Waals surface area contributed by atoms with Gasteiger partial charge in [0.05, 0.1) is 6.04 Å². The monoisotopic (exact) mass is 455 g/mol. The van der Waals surface area contributed by atoms with Gasteiger partial charge in [0.25, 0.3) is 11.8 Å². The van der Waals surface area contributed by atoms with Gasteiger partial charge in [-0.15, -0.1) is 0 Å². The zero-order chi connectivity index (χ0) is 23.8. The number of hydrogen-bond acceptors (Lipinski definition) is 4. The van der Waals surface area contributed by atoms with E-state index in [0.29, 0.717) is 17.2 Å². The molecule has 2 atom stereocenters. The van der Waals surface area contributed by atoms with E-state index in [9.17, 15) is 19.1 Å². The van der Waals surface area contributed by atoms with Gasteiger partial charge in [0, 0.05) is 17.8 Å². The van der Waals surface area contributed by atoms with Crippen LogP contribution in [0.2, 0.25) is 0 Å². The normalized spacial score (nSPS) is 17.1. The Morgan fingerprint density at radius 3 is 2.33 bits per heavy atom. The maximum Gasteiger partial charge on any atom is 0.255 e. The third-order valence-electron chi connectivity index (χ3n) is 6.24. The molecule has 1 aliphatic carbocycles. The molecule has 0 aliphatic heterocycles. The zero-order valence-electron chi connectivity index (χ0n) is 19.4. The minimum atomic E-state index is -1.51. The van der Waals surface area contributed by atoms with Gasteiger partial charge in [-0.05, 0) is 81.1 Å².